The Labute approximate surface area is 408 Å². The SMILES string of the molecule is C=CC=C.CC1C(n2c3ccccc3c3ncccc32)C=NCC1(C)n1c2ccccc2c2cc(-c3ccc4c(c3)c3ccccc3n4-c3cc(-c4ccccc4)ncn3)ccc21.Cc1ccccc1. The van der Waals surface area contributed by atoms with Crippen molar-refractivity contribution >= 4 is 71.8 Å². The van der Waals surface area contributed by atoms with Crippen LogP contribution >= 0.6 is 0 Å². The molecule has 7 nitrogen and oxygen atoms in total. The van der Waals surface area contributed by atoms with E-state index in [0.29, 0.717) is 6.54 Å². The number of aromatic nitrogens is 6. The molecule has 3 atom stereocenters. The van der Waals surface area contributed by atoms with Crippen LogP contribution in [0.5, 0.6) is 0 Å². The van der Waals surface area contributed by atoms with Crippen molar-refractivity contribution in [2.24, 2.45) is 10.9 Å². The minimum Gasteiger partial charge on any atom is -0.332 e. The van der Waals surface area contributed by atoms with Gasteiger partial charge in [-0.15, -0.1) is 0 Å². The molecule has 340 valence electrons. The number of nitrogens with zero attached hydrogens (tertiary/aromatic N) is 7. The van der Waals surface area contributed by atoms with Gasteiger partial charge in [0.25, 0.3) is 0 Å². The van der Waals surface area contributed by atoms with Gasteiger partial charge in [0, 0.05) is 67.9 Å². The van der Waals surface area contributed by atoms with Crippen LogP contribution in [0.1, 0.15) is 25.5 Å². The van der Waals surface area contributed by atoms with Crippen LogP contribution in [0, 0.1) is 12.8 Å². The zero-order valence-corrected chi connectivity index (χ0v) is 39.7. The number of para-hydroxylation sites is 3. The number of allylic oxidation sites excluding steroid dienone is 2. The van der Waals surface area contributed by atoms with Gasteiger partial charge in [-0.05, 0) is 79.6 Å². The van der Waals surface area contributed by atoms with Gasteiger partial charge in [-0.3, -0.25) is 14.5 Å². The monoisotopic (exact) mass is 907 g/mol. The molecule has 0 fully saturated rings. The van der Waals surface area contributed by atoms with E-state index in [9.17, 15) is 0 Å². The molecule has 0 saturated heterocycles. The predicted octanol–water partition coefficient (Wildman–Crippen LogP) is 15.5. The lowest BCUT2D eigenvalue weighted by Crippen LogP contribution is -2.46. The summed E-state index contributed by atoms with van der Waals surface area (Å²) < 4.78 is 7.32. The highest BCUT2D eigenvalue weighted by Gasteiger charge is 2.43. The summed E-state index contributed by atoms with van der Waals surface area (Å²) in [5.41, 5.74) is 13.4. The molecule has 0 N–H and O–H groups in total. The summed E-state index contributed by atoms with van der Waals surface area (Å²) in [6.45, 7) is 14.3. The van der Waals surface area contributed by atoms with E-state index in [4.69, 9.17) is 15.0 Å². The first kappa shape index (κ1) is 43.9. The predicted molar refractivity (Wildman–Crippen MR) is 294 cm³/mol. The topological polar surface area (TPSA) is 65.8 Å². The fourth-order valence-electron chi connectivity index (χ4n) is 10.6. The van der Waals surface area contributed by atoms with E-state index in [1.54, 1.807) is 18.5 Å². The van der Waals surface area contributed by atoms with Crippen molar-refractivity contribution in [1.29, 1.82) is 0 Å². The number of benzene rings is 7. The molecule has 0 aliphatic carbocycles. The zero-order chi connectivity index (χ0) is 47.8. The Morgan fingerprint density at radius 2 is 1.09 bits per heavy atom. The van der Waals surface area contributed by atoms with E-state index in [2.05, 4.69) is 204 Å². The molecule has 1 aliphatic heterocycles. The van der Waals surface area contributed by atoms with Crippen LogP contribution in [0.3, 0.4) is 0 Å². The zero-order valence-electron chi connectivity index (χ0n) is 39.7. The van der Waals surface area contributed by atoms with Gasteiger partial charge in [0.05, 0.1) is 51.4 Å². The molecular weight excluding hydrogens is 855 g/mol. The van der Waals surface area contributed by atoms with Crippen LogP contribution in [0.15, 0.2) is 231 Å². The smallest absolute Gasteiger partial charge is 0.141 e. The standard InChI is InChI=1S/C52H39N7.C7H8.C4H6/c1-33-49(57-44-19-10-8-17-39(44)51-48(57)21-12-26-54-51)30-53-31-52(33,2)59-46-20-11-7-16-38(46)41-28-36(23-25-47(41)59)35-22-24-45-40(27-35)37-15-6-9-18-43(37)58(45)50-29-42(55-32-56-50)34-13-4-3-5-14-34;1-7-5-3-2-4-6-7;1-3-4-2/h3-30,32-33,49H,31H2,1-2H3;2-6H,1H3;3-4H,1-2H2. The van der Waals surface area contributed by atoms with E-state index in [-0.39, 0.29) is 17.5 Å². The summed E-state index contributed by atoms with van der Waals surface area (Å²) in [5, 5.41) is 6.05. The number of aryl methyl sites for hydroxylation is 1. The summed E-state index contributed by atoms with van der Waals surface area (Å²) in [4.78, 5) is 19.4. The maximum atomic E-state index is 5.17. The third kappa shape index (κ3) is 7.56. The van der Waals surface area contributed by atoms with Gasteiger partial charge in [-0.1, -0.05) is 165 Å². The quantitative estimate of drug-likeness (QED) is 0.156. The van der Waals surface area contributed by atoms with Crippen LogP contribution < -0.4 is 0 Å². The number of hydrogen-bond acceptors (Lipinski definition) is 4. The number of rotatable bonds is 6. The van der Waals surface area contributed by atoms with Crippen molar-refractivity contribution in [3.05, 3.63) is 231 Å². The first-order chi connectivity index (χ1) is 34.4. The highest BCUT2D eigenvalue weighted by atomic mass is 15.1. The number of pyridine rings is 1. The average molecular weight is 908 g/mol. The van der Waals surface area contributed by atoms with Crippen LogP contribution in [0.25, 0.3) is 93.8 Å². The Morgan fingerprint density at radius 1 is 0.529 bits per heavy atom. The fourth-order valence-corrected chi connectivity index (χ4v) is 10.6. The Kier molecular flexibility index (Phi) is 11.5. The second-order valence-electron chi connectivity index (χ2n) is 18.3. The lowest BCUT2D eigenvalue weighted by atomic mass is 9.79. The van der Waals surface area contributed by atoms with Gasteiger partial charge in [-0.2, -0.15) is 0 Å². The Morgan fingerprint density at radius 3 is 1.77 bits per heavy atom. The van der Waals surface area contributed by atoms with Crippen molar-refractivity contribution in [2.45, 2.75) is 32.4 Å². The van der Waals surface area contributed by atoms with Crippen molar-refractivity contribution in [3.63, 3.8) is 0 Å². The first-order valence-corrected chi connectivity index (χ1v) is 23.9. The van der Waals surface area contributed by atoms with Crippen LogP contribution in [-0.2, 0) is 5.54 Å². The highest BCUT2D eigenvalue weighted by molar-refractivity contribution is 6.12. The molecule has 6 heterocycles. The van der Waals surface area contributed by atoms with E-state index in [1.807, 2.05) is 48.7 Å². The largest absolute Gasteiger partial charge is 0.332 e. The van der Waals surface area contributed by atoms with Gasteiger partial charge in [-0.25, -0.2) is 9.97 Å². The molecule has 1 aliphatic rings. The van der Waals surface area contributed by atoms with Crippen LogP contribution in [0.4, 0.5) is 0 Å². The number of fused-ring (bicyclic) bond motifs is 9. The minimum absolute atomic E-state index is 0.0389. The Balaban J connectivity index is 0.000000435. The van der Waals surface area contributed by atoms with Crippen molar-refractivity contribution < 1.29 is 0 Å². The van der Waals surface area contributed by atoms with Gasteiger partial charge in [0.2, 0.25) is 0 Å². The molecule has 0 radical (unpaired) electrons. The summed E-state index contributed by atoms with van der Waals surface area (Å²) in [7, 11) is 0. The molecule has 5 aromatic heterocycles. The average Bonchev–Trinajstić information content (AvgIpc) is 4.06. The highest BCUT2D eigenvalue weighted by Crippen LogP contribution is 2.46. The number of hydrogen-bond donors (Lipinski definition) is 0. The van der Waals surface area contributed by atoms with Gasteiger partial charge in [0.1, 0.15) is 12.1 Å². The van der Waals surface area contributed by atoms with Gasteiger partial charge >= 0.3 is 0 Å². The van der Waals surface area contributed by atoms with Crippen LogP contribution in [-0.4, -0.2) is 41.4 Å². The summed E-state index contributed by atoms with van der Waals surface area (Å²) in [6.07, 6.45) is 9.02. The third-order valence-corrected chi connectivity index (χ3v) is 14.2. The molecular formula is C63H53N7. The van der Waals surface area contributed by atoms with E-state index in [0.717, 1.165) is 39.1 Å². The molecule has 7 heteroatoms. The molecule has 0 amide bonds. The van der Waals surface area contributed by atoms with Crippen molar-refractivity contribution in [1.82, 2.24) is 28.7 Å². The second kappa shape index (κ2) is 18.4. The molecule has 7 aromatic carbocycles. The lowest BCUT2D eigenvalue weighted by molar-refractivity contribution is 0.187. The molecule has 0 bridgehead atoms. The van der Waals surface area contributed by atoms with Crippen molar-refractivity contribution in [2.75, 3.05) is 6.54 Å². The van der Waals surface area contributed by atoms with E-state index >= 15 is 0 Å². The molecule has 13 rings (SSSR count). The summed E-state index contributed by atoms with van der Waals surface area (Å²) in [5.74, 6) is 1.05. The second-order valence-corrected chi connectivity index (χ2v) is 18.3. The maximum absolute atomic E-state index is 5.17. The molecule has 3 unspecified atom stereocenters. The lowest BCUT2D eigenvalue weighted by Gasteiger charge is -2.44. The Hall–Kier alpha value is -8.68. The molecule has 0 spiro atoms. The van der Waals surface area contributed by atoms with Crippen LogP contribution in [0.2, 0.25) is 0 Å². The fraction of sp³-hybridized carbons (Fsp3) is 0.111. The van der Waals surface area contributed by atoms with Crippen molar-refractivity contribution in [3.8, 4) is 28.2 Å². The van der Waals surface area contributed by atoms with Gasteiger partial charge < -0.3 is 9.13 Å². The maximum Gasteiger partial charge on any atom is 0.141 e. The minimum atomic E-state index is -0.315. The van der Waals surface area contributed by atoms with E-state index < -0.39 is 0 Å². The number of aliphatic imine (C=N–C) groups is 1. The van der Waals surface area contributed by atoms with Gasteiger partial charge in [0.15, 0.2) is 0 Å². The normalized spacial score (nSPS) is 16.6. The third-order valence-electron chi connectivity index (χ3n) is 14.2. The molecule has 70 heavy (non-hydrogen) atoms. The molecule has 0 saturated carbocycles. The summed E-state index contributed by atoms with van der Waals surface area (Å²) in [6, 6.07) is 66.9. The Bertz CT molecular complexity index is 3850. The van der Waals surface area contributed by atoms with E-state index in [1.165, 1.54) is 60.2 Å². The molecule has 12 aromatic rings. The first-order valence-electron chi connectivity index (χ1n) is 23.9. The summed E-state index contributed by atoms with van der Waals surface area (Å²) >= 11 is 0.